The van der Waals surface area contributed by atoms with Gasteiger partial charge < -0.3 is 0 Å². The van der Waals surface area contributed by atoms with Crippen LogP contribution in [0.3, 0.4) is 0 Å². The minimum absolute atomic E-state index is 0.401. The van der Waals surface area contributed by atoms with Crippen LogP contribution >= 0.6 is 23.4 Å². The Morgan fingerprint density at radius 1 is 1.73 bits per heavy atom. The zero-order chi connectivity index (χ0) is 8.27. The van der Waals surface area contributed by atoms with Crippen molar-refractivity contribution >= 4 is 29.6 Å². The van der Waals surface area contributed by atoms with Gasteiger partial charge in [0.15, 0.2) is 6.29 Å². The van der Waals surface area contributed by atoms with Gasteiger partial charge in [0.25, 0.3) is 0 Å². The molecule has 1 rings (SSSR count). The third-order valence-corrected chi connectivity index (χ3v) is 2.15. The van der Waals surface area contributed by atoms with Crippen LogP contribution < -0.4 is 0 Å². The molecule has 4 heteroatoms. The quantitative estimate of drug-likeness (QED) is 0.526. The molecule has 0 atom stereocenters. The molecule has 0 saturated carbocycles. The lowest BCUT2D eigenvalue weighted by molar-refractivity contribution is 0.112. The van der Waals surface area contributed by atoms with E-state index >= 15 is 0 Å². The van der Waals surface area contributed by atoms with Crippen molar-refractivity contribution in [1.82, 2.24) is 4.98 Å². The van der Waals surface area contributed by atoms with Gasteiger partial charge in [-0.05, 0) is 12.3 Å². The molecule has 0 aliphatic rings. The van der Waals surface area contributed by atoms with Crippen LogP contribution in [0.25, 0.3) is 0 Å². The molecule has 11 heavy (non-hydrogen) atoms. The summed E-state index contributed by atoms with van der Waals surface area (Å²) in [5.41, 5.74) is 0.492. The van der Waals surface area contributed by atoms with Crippen LogP contribution in [-0.2, 0) is 0 Å². The number of aldehydes is 1. The van der Waals surface area contributed by atoms with E-state index in [1.54, 1.807) is 6.07 Å². The first-order valence-electron chi connectivity index (χ1n) is 2.92. The summed E-state index contributed by atoms with van der Waals surface area (Å²) in [6.45, 7) is 0. The molecule has 0 aliphatic heterocycles. The molecule has 0 unspecified atom stereocenters. The van der Waals surface area contributed by atoms with Gasteiger partial charge in [0.2, 0.25) is 0 Å². The Hall–Kier alpha value is -0.540. The summed E-state index contributed by atoms with van der Waals surface area (Å²) < 4.78 is 0. The first kappa shape index (κ1) is 8.56. The summed E-state index contributed by atoms with van der Waals surface area (Å²) in [7, 11) is 0. The van der Waals surface area contributed by atoms with Crippen LogP contribution in [0.1, 0.15) is 10.4 Å². The van der Waals surface area contributed by atoms with E-state index < -0.39 is 0 Å². The Balaban J connectivity index is 3.12. The highest BCUT2D eigenvalue weighted by Gasteiger charge is 2.00. The predicted octanol–water partition coefficient (Wildman–Crippen LogP) is 2.27. The highest BCUT2D eigenvalue weighted by molar-refractivity contribution is 7.98. The number of halogens is 1. The zero-order valence-electron chi connectivity index (χ0n) is 5.87. The highest BCUT2D eigenvalue weighted by atomic mass is 35.5. The van der Waals surface area contributed by atoms with Crippen LogP contribution in [0.5, 0.6) is 0 Å². The largest absolute Gasteiger partial charge is 0.298 e. The number of hydrogen-bond acceptors (Lipinski definition) is 3. The molecule has 0 saturated heterocycles. The summed E-state index contributed by atoms with van der Waals surface area (Å²) >= 11 is 7.13. The smallest absolute Gasteiger partial charge is 0.151 e. The second-order valence-electron chi connectivity index (χ2n) is 1.87. The van der Waals surface area contributed by atoms with E-state index in [0.717, 1.165) is 11.3 Å². The minimum atomic E-state index is 0.401. The number of nitrogens with zero attached hydrogens (tertiary/aromatic N) is 1. The number of carbonyl (C=O) groups excluding carboxylic acids is 1. The van der Waals surface area contributed by atoms with Crippen molar-refractivity contribution in [2.45, 2.75) is 5.03 Å². The van der Waals surface area contributed by atoms with Crippen molar-refractivity contribution in [1.29, 1.82) is 0 Å². The monoisotopic (exact) mass is 187 g/mol. The number of thioether (sulfide) groups is 1. The van der Waals surface area contributed by atoms with Crippen LogP contribution in [0.2, 0.25) is 5.02 Å². The SMILES string of the molecule is CSc1cc(C=O)c(Cl)cn1. The topological polar surface area (TPSA) is 30.0 Å². The first-order valence-corrected chi connectivity index (χ1v) is 4.53. The van der Waals surface area contributed by atoms with Gasteiger partial charge >= 0.3 is 0 Å². The Morgan fingerprint density at radius 3 is 3.00 bits per heavy atom. The molecule has 0 amide bonds. The first-order chi connectivity index (χ1) is 5.27. The molecular formula is C7H6ClNOS. The third-order valence-electron chi connectivity index (χ3n) is 1.20. The van der Waals surface area contributed by atoms with Crippen molar-refractivity contribution in [3.8, 4) is 0 Å². The molecule has 0 fully saturated rings. The molecule has 58 valence electrons. The molecule has 1 aromatic heterocycles. The van der Waals surface area contributed by atoms with E-state index in [0.29, 0.717) is 10.6 Å². The molecule has 0 aromatic carbocycles. The van der Waals surface area contributed by atoms with E-state index in [2.05, 4.69) is 4.98 Å². The van der Waals surface area contributed by atoms with Gasteiger partial charge in [-0.3, -0.25) is 4.79 Å². The maximum atomic E-state index is 10.4. The van der Waals surface area contributed by atoms with Crippen molar-refractivity contribution < 1.29 is 4.79 Å². The van der Waals surface area contributed by atoms with Crippen molar-refractivity contribution in [3.05, 3.63) is 22.8 Å². The Morgan fingerprint density at radius 2 is 2.45 bits per heavy atom. The normalized spacial score (nSPS) is 9.64. The summed E-state index contributed by atoms with van der Waals surface area (Å²) in [5.74, 6) is 0. The average Bonchev–Trinajstić information content (AvgIpc) is 2.05. The molecule has 1 aromatic rings. The van der Waals surface area contributed by atoms with Crippen molar-refractivity contribution in [2.75, 3.05) is 6.26 Å². The molecule has 0 bridgehead atoms. The fraction of sp³-hybridized carbons (Fsp3) is 0.143. The third kappa shape index (κ3) is 1.94. The molecule has 0 radical (unpaired) electrons. The molecule has 0 spiro atoms. The molecule has 2 nitrogen and oxygen atoms in total. The summed E-state index contributed by atoms with van der Waals surface area (Å²) in [4.78, 5) is 14.4. The van der Waals surface area contributed by atoms with Gasteiger partial charge in [0.05, 0.1) is 10.0 Å². The van der Waals surface area contributed by atoms with E-state index in [4.69, 9.17) is 11.6 Å². The van der Waals surface area contributed by atoms with Gasteiger partial charge in [-0.25, -0.2) is 4.98 Å². The van der Waals surface area contributed by atoms with Gasteiger partial charge in [-0.2, -0.15) is 0 Å². The number of rotatable bonds is 2. The van der Waals surface area contributed by atoms with Crippen LogP contribution in [0.4, 0.5) is 0 Å². The second kappa shape index (κ2) is 3.74. The summed E-state index contributed by atoms with van der Waals surface area (Å²) in [6, 6.07) is 1.67. The van der Waals surface area contributed by atoms with E-state index in [1.165, 1.54) is 18.0 Å². The van der Waals surface area contributed by atoms with E-state index in [-0.39, 0.29) is 0 Å². The Kier molecular flexibility index (Phi) is 2.91. The van der Waals surface area contributed by atoms with Gasteiger partial charge in [-0.15, -0.1) is 11.8 Å². The van der Waals surface area contributed by atoms with Crippen molar-refractivity contribution in [3.63, 3.8) is 0 Å². The minimum Gasteiger partial charge on any atom is -0.298 e. The van der Waals surface area contributed by atoms with Crippen molar-refractivity contribution in [2.24, 2.45) is 0 Å². The maximum absolute atomic E-state index is 10.4. The zero-order valence-corrected chi connectivity index (χ0v) is 7.45. The number of aromatic nitrogens is 1. The summed E-state index contributed by atoms with van der Waals surface area (Å²) in [6.07, 6.45) is 4.10. The number of carbonyl (C=O) groups is 1. The predicted molar refractivity (Wildman–Crippen MR) is 46.4 cm³/mol. The average molecular weight is 188 g/mol. The molecular weight excluding hydrogens is 182 g/mol. The lowest BCUT2D eigenvalue weighted by atomic mass is 10.3. The molecule has 1 heterocycles. The van der Waals surface area contributed by atoms with Gasteiger partial charge in [-0.1, -0.05) is 11.6 Å². The van der Waals surface area contributed by atoms with E-state index in [1.807, 2.05) is 6.26 Å². The van der Waals surface area contributed by atoms with Crippen LogP contribution in [0.15, 0.2) is 17.3 Å². The van der Waals surface area contributed by atoms with Crippen LogP contribution in [-0.4, -0.2) is 17.5 Å². The fourth-order valence-electron chi connectivity index (χ4n) is 0.636. The molecule has 0 aliphatic carbocycles. The number of pyridine rings is 1. The second-order valence-corrected chi connectivity index (χ2v) is 3.10. The van der Waals surface area contributed by atoms with E-state index in [9.17, 15) is 4.79 Å². The fourth-order valence-corrected chi connectivity index (χ4v) is 1.19. The summed E-state index contributed by atoms with van der Waals surface area (Å²) in [5, 5.41) is 1.20. The Labute approximate surface area is 74.0 Å². The van der Waals surface area contributed by atoms with Gasteiger partial charge in [0, 0.05) is 11.8 Å². The Bertz CT molecular complexity index is 277. The van der Waals surface area contributed by atoms with Crippen LogP contribution in [0, 0.1) is 0 Å². The number of hydrogen-bond donors (Lipinski definition) is 0. The molecule has 0 N–H and O–H groups in total. The highest BCUT2D eigenvalue weighted by Crippen LogP contribution is 2.18. The maximum Gasteiger partial charge on any atom is 0.151 e. The van der Waals surface area contributed by atoms with Gasteiger partial charge in [0.1, 0.15) is 0 Å². The lowest BCUT2D eigenvalue weighted by Gasteiger charge is -1.97. The lowest BCUT2D eigenvalue weighted by Crippen LogP contribution is -1.85. The standard InChI is InChI=1S/C7H6ClNOS/c1-11-7-2-5(4-10)6(8)3-9-7/h2-4H,1H3.